The normalized spacial score (nSPS) is 9.90. The van der Waals surface area contributed by atoms with Gasteiger partial charge in [0.2, 0.25) is 0 Å². The van der Waals surface area contributed by atoms with Crippen molar-refractivity contribution < 1.29 is 4.84 Å². The maximum atomic E-state index is 11.0. The van der Waals surface area contributed by atoms with Gasteiger partial charge in [0.25, 0.3) is 0 Å². The van der Waals surface area contributed by atoms with Crippen LogP contribution in [0.1, 0.15) is 5.82 Å². The topological polar surface area (TPSA) is 49.0 Å². The van der Waals surface area contributed by atoms with Gasteiger partial charge in [-0.2, -0.15) is 5.10 Å². The maximum Gasteiger partial charge on any atom is 0.378 e. The van der Waals surface area contributed by atoms with Crippen molar-refractivity contribution in [2.45, 2.75) is 6.92 Å². The van der Waals surface area contributed by atoms with Crippen molar-refractivity contribution in [1.29, 1.82) is 0 Å². The van der Waals surface area contributed by atoms with Crippen molar-refractivity contribution in [3.05, 3.63) is 16.3 Å². The Morgan fingerprint density at radius 3 is 2.40 bits per heavy atom. The molecule has 1 aromatic heterocycles. The van der Waals surface area contributed by atoms with E-state index in [2.05, 4.69) is 5.10 Å². The van der Waals surface area contributed by atoms with E-state index < -0.39 is 0 Å². The Morgan fingerprint density at radius 1 is 1.60 bits per heavy atom. The minimum Gasteiger partial charge on any atom is -0.411 e. The van der Waals surface area contributed by atoms with Crippen LogP contribution in [0.3, 0.4) is 0 Å². The molecule has 0 aliphatic heterocycles. The van der Waals surface area contributed by atoms with Crippen LogP contribution in [0.2, 0.25) is 0 Å². The first kappa shape index (κ1) is 6.85. The largest absolute Gasteiger partial charge is 0.411 e. The molecule has 0 bridgehead atoms. The summed E-state index contributed by atoms with van der Waals surface area (Å²) >= 11 is 0. The number of rotatable bonds is 1. The van der Waals surface area contributed by atoms with Crippen molar-refractivity contribution in [1.82, 2.24) is 14.5 Å². The predicted molar refractivity (Wildman–Crippen MR) is 34.7 cm³/mol. The Balaban J connectivity index is 3.34. The average Bonchev–Trinajstić information content (AvgIpc) is 2.09. The van der Waals surface area contributed by atoms with Gasteiger partial charge in [0.05, 0.1) is 0 Å². The summed E-state index contributed by atoms with van der Waals surface area (Å²) in [6.45, 7) is 1.70. The molecule has 0 atom stereocenters. The lowest BCUT2D eigenvalue weighted by molar-refractivity contribution is 0.150. The molecule has 0 N–H and O–H groups in total. The molecule has 0 amide bonds. The van der Waals surface area contributed by atoms with E-state index in [1.54, 1.807) is 14.0 Å². The van der Waals surface area contributed by atoms with Gasteiger partial charge < -0.3 is 4.84 Å². The van der Waals surface area contributed by atoms with Gasteiger partial charge in [-0.1, -0.05) is 0 Å². The molecule has 0 saturated heterocycles. The van der Waals surface area contributed by atoms with Gasteiger partial charge in [0.1, 0.15) is 7.11 Å². The fourth-order valence-corrected chi connectivity index (χ4v) is 0.781. The summed E-state index contributed by atoms with van der Waals surface area (Å²) in [4.78, 5) is 15.7. The second kappa shape index (κ2) is 2.17. The summed E-state index contributed by atoms with van der Waals surface area (Å²) in [6, 6.07) is 0. The smallest absolute Gasteiger partial charge is 0.378 e. The Labute approximate surface area is 57.8 Å². The van der Waals surface area contributed by atoms with Crippen molar-refractivity contribution in [2.24, 2.45) is 7.05 Å². The van der Waals surface area contributed by atoms with Crippen LogP contribution in [-0.4, -0.2) is 21.6 Å². The van der Waals surface area contributed by atoms with E-state index >= 15 is 0 Å². The summed E-state index contributed by atoms with van der Waals surface area (Å²) < 4.78 is 2.35. The molecule has 0 aliphatic rings. The molecular weight excluding hydrogens is 134 g/mol. The predicted octanol–water partition coefficient (Wildman–Crippen LogP) is -1.05. The van der Waals surface area contributed by atoms with E-state index in [0.717, 1.165) is 4.73 Å². The summed E-state index contributed by atoms with van der Waals surface area (Å²) in [5.41, 5.74) is -0.264. The van der Waals surface area contributed by atoms with E-state index in [1.165, 1.54) is 11.8 Å². The lowest BCUT2D eigenvalue weighted by atomic mass is 10.7. The fourth-order valence-electron chi connectivity index (χ4n) is 0.781. The van der Waals surface area contributed by atoms with Crippen LogP contribution in [0.5, 0.6) is 0 Å². The first-order valence-electron chi connectivity index (χ1n) is 2.84. The number of aromatic nitrogens is 3. The van der Waals surface area contributed by atoms with Gasteiger partial charge in [-0.25, -0.2) is 9.48 Å². The molecule has 0 aromatic carbocycles. The number of hydrogen-bond donors (Lipinski definition) is 0. The van der Waals surface area contributed by atoms with E-state index in [-0.39, 0.29) is 5.69 Å². The third-order valence-electron chi connectivity index (χ3n) is 1.22. The lowest BCUT2D eigenvalue weighted by Gasteiger charge is -1.95. The van der Waals surface area contributed by atoms with Crippen LogP contribution in [-0.2, 0) is 7.05 Å². The zero-order valence-electron chi connectivity index (χ0n) is 6.16. The standard InChI is InChI=1S/C5H9N3O2/c1-4-6-7(2)5(9)8(4)10-3/h1-3H3. The quantitative estimate of drug-likeness (QED) is 0.504. The molecule has 0 unspecified atom stereocenters. The number of nitrogens with zero attached hydrogens (tertiary/aromatic N) is 3. The molecule has 56 valence electrons. The zero-order chi connectivity index (χ0) is 7.72. The van der Waals surface area contributed by atoms with Crippen molar-refractivity contribution in [3.8, 4) is 0 Å². The van der Waals surface area contributed by atoms with Crippen LogP contribution in [0, 0.1) is 6.92 Å². The second-order valence-corrected chi connectivity index (χ2v) is 1.93. The monoisotopic (exact) mass is 143 g/mol. The highest BCUT2D eigenvalue weighted by Crippen LogP contribution is 1.82. The lowest BCUT2D eigenvalue weighted by Crippen LogP contribution is -2.26. The van der Waals surface area contributed by atoms with Crippen molar-refractivity contribution in [2.75, 3.05) is 7.11 Å². The van der Waals surface area contributed by atoms with Gasteiger partial charge in [-0.15, -0.1) is 4.73 Å². The Hall–Kier alpha value is -1.26. The van der Waals surface area contributed by atoms with Gasteiger partial charge in [-0.05, 0) is 6.92 Å². The van der Waals surface area contributed by atoms with Gasteiger partial charge in [-0.3, -0.25) is 0 Å². The minimum atomic E-state index is -0.264. The number of hydrogen-bond acceptors (Lipinski definition) is 3. The van der Waals surface area contributed by atoms with Gasteiger partial charge in [0, 0.05) is 7.05 Å². The molecule has 5 heteroatoms. The summed E-state index contributed by atoms with van der Waals surface area (Å²) in [6.07, 6.45) is 0. The van der Waals surface area contributed by atoms with Crippen LogP contribution in [0.25, 0.3) is 0 Å². The number of aryl methyl sites for hydroxylation is 2. The van der Waals surface area contributed by atoms with E-state index in [1.807, 2.05) is 0 Å². The van der Waals surface area contributed by atoms with E-state index in [9.17, 15) is 4.79 Å². The second-order valence-electron chi connectivity index (χ2n) is 1.93. The first-order valence-corrected chi connectivity index (χ1v) is 2.84. The molecule has 0 saturated carbocycles. The highest BCUT2D eigenvalue weighted by molar-refractivity contribution is 4.78. The summed E-state index contributed by atoms with van der Waals surface area (Å²) in [5.74, 6) is 0.551. The molecule has 1 aromatic rings. The first-order chi connectivity index (χ1) is 4.66. The molecule has 0 fully saturated rings. The summed E-state index contributed by atoms with van der Waals surface area (Å²) in [5, 5.41) is 3.82. The SMILES string of the molecule is COn1c(C)nn(C)c1=O. The Bertz CT molecular complexity index is 286. The van der Waals surface area contributed by atoms with E-state index in [4.69, 9.17) is 4.84 Å². The average molecular weight is 143 g/mol. The van der Waals surface area contributed by atoms with Crippen LogP contribution in [0.4, 0.5) is 0 Å². The zero-order valence-corrected chi connectivity index (χ0v) is 6.16. The van der Waals surface area contributed by atoms with Gasteiger partial charge >= 0.3 is 5.69 Å². The third-order valence-corrected chi connectivity index (χ3v) is 1.22. The molecular formula is C5H9N3O2. The van der Waals surface area contributed by atoms with Crippen LogP contribution in [0.15, 0.2) is 4.79 Å². The molecule has 0 aliphatic carbocycles. The third kappa shape index (κ3) is 0.792. The summed E-state index contributed by atoms with van der Waals surface area (Å²) in [7, 11) is 3.00. The molecule has 5 nitrogen and oxygen atoms in total. The fraction of sp³-hybridized carbons (Fsp3) is 0.600. The van der Waals surface area contributed by atoms with E-state index in [0.29, 0.717) is 5.82 Å². The Kier molecular flexibility index (Phi) is 1.48. The molecule has 10 heavy (non-hydrogen) atoms. The highest BCUT2D eigenvalue weighted by atomic mass is 16.7. The highest BCUT2D eigenvalue weighted by Gasteiger charge is 2.04. The molecule has 0 spiro atoms. The Morgan fingerprint density at radius 2 is 2.20 bits per heavy atom. The van der Waals surface area contributed by atoms with Gasteiger partial charge in [0.15, 0.2) is 5.82 Å². The molecule has 1 rings (SSSR count). The minimum absolute atomic E-state index is 0.264. The molecule has 1 heterocycles. The van der Waals surface area contributed by atoms with Crippen molar-refractivity contribution >= 4 is 0 Å². The van der Waals surface area contributed by atoms with Crippen LogP contribution < -0.4 is 10.5 Å². The van der Waals surface area contributed by atoms with Crippen molar-refractivity contribution in [3.63, 3.8) is 0 Å². The maximum absolute atomic E-state index is 11.0. The molecule has 0 radical (unpaired) electrons. The van der Waals surface area contributed by atoms with Crippen LogP contribution >= 0.6 is 0 Å².